The monoisotopic (exact) mass is 346 g/mol. The van der Waals surface area contributed by atoms with Crippen molar-refractivity contribution in [3.8, 4) is 0 Å². The molecule has 1 aromatic rings. The van der Waals surface area contributed by atoms with Crippen molar-refractivity contribution in [2.75, 3.05) is 20.7 Å². The van der Waals surface area contributed by atoms with Gasteiger partial charge in [0.25, 0.3) is 0 Å². The molecular formula is C14H23BrN2OS. The third-order valence-electron chi connectivity index (χ3n) is 4.34. The Morgan fingerprint density at radius 2 is 2.37 bits per heavy atom. The van der Waals surface area contributed by atoms with Crippen LogP contribution in [0.2, 0.25) is 0 Å². The van der Waals surface area contributed by atoms with E-state index in [1.807, 2.05) is 7.11 Å². The van der Waals surface area contributed by atoms with Crippen LogP contribution in [0.5, 0.6) is 0 Å². The van der Waals surface area contributed by atoms with Gasteiger partial charge in [-0.05, 0) is 41.9 Å². The number of nitrogens with zero attached hydrogens (tertiary/aromatic N) is 1. The van der Waals surface area contributed by atoms with Crippen molar-refractivity contribution < 1.29 is 4.74 Å². The molecule has 0 bridgehead atoms. The summed E-state index contributed by atoms with van der Waals surface area (Å²) in [5.41, 5.74) is 6.13. The molecule has 0 spiro atoms. The van der Waals surface area contributed by atoms with Crippen LogP contribution in [-0.2, 0) is 11.3 Å². The second kappa shape index (κ2) is 6.68. The molecule has 108 valence electrons. The molecule has 3 nitrogen and oxygen atoms in total. The molecule has 1 saturated carbocycles. The van der Waals surface area contributed by atoms with Gasteiger partial charge in [-0.15, -0.1) is 11.3 Å². The molecule has 2 rings (SSSR count). The summed E-state index contributed by atoms with van der Waals surface area (Å²) in [7, 11) is 3.99. The number of ether oxygens (including phenoxy) is 1. The van der Waals surface area contributed by atoms with E-state index in [9.17, 15) is 0 Å². The first-order chi connectivity index (χ1) is 9.12. The quantitative estimate of drug-likeness (QED) is 0.889. The highest BCUT2D eigenvalue weighted by molar-refractivity contribution is 9.10. The Morgan fingerprint density at radius 1 is 1.58 bits per heavy atom. The van der Waals surface area contributed by atoms with E-state index in [2.05, 4.69) is 39.3 Å². The number of thiophene rings is 1. The summed E-state index contributed by atoms with van der Waals surface area (Å²) in [6.07, 6.45) is 4.99. The maximum absolute atomic E-state index is 6.14. The van der Waals surface area contributed by atoms with Gasteiger partial charge < -0.3 is 10.5 Å². The van der Waals surface area contributed by atoms with Crippen LogP contribution in [0.3, 0.4) is 0 Å². The SMILES string of the molecule is COC1CCCCC1(CN)N(C)Cc1cc(Br)cs1. The first kappa shape index (κ1) is 15.4. The normalized spacial score (nSPS) is 27.9. The average molecular weight is 347 g/mol. The molecule has 1 aromatic heterocycles. The molecule has 2 atom stereocenters. The first-order valence-electron chi connectivity index (χ1n) is 6.79. The van der Waals surface area contributed by atoms with Crippen molar-refractivity contribution in [3.05, 3.63) is 20.8 Å². The van der Waals surface area contributed by atoms with Crippen molar-refractivity contribution >= 4 is 27.3 Å². The van der Waals surface area contributed by atoms with Crippen LogP contribution < -0.4 is 5.73 Å². The van der Waals surface area contributed by atoms with Gasteiger partial charge in [-0.25, -0.2) is 0 Å². The molecule has 2 unspecified atom stereocenters. The number of halogens is 1. The van der Waals surface area contributed by atoms with Crippen molar-refractivity contribution in [1.82, 2.24) is 4.90 Å². The highest BCUT2D eigenvalue weighted by Gasteiger charge is 2.43. The Hall–Kier alpha value is 0.0600. The predicted octanol–water partition coefficient (Wildman–Crippen LogP) is 3.23. The van der Waals surface area contributed by atoms with Gasteiger partial charge >= 0.3 is 0 Å². The van der Waals surface area contributed by atoms with E-state index in [4.69, 9.17) is 10.5 Å². The van der Waals surface area contributed by atoms with Gasteiger partial charge in [0.1, 0.15) is 0 Å². The minimum absolute atomic E-state index is 0.0105. The highest BCUT2D eigenvalue weighted by atomic mass is 79.9. The second-order valence-corrected chi connectivity index (χ2v) is 7.28. The molecule has 0 saturated heterocycles. The Kier molecular flexibility index (Phi) is 5.43. The van der Waals surface area contributed by atoms with Crippen LogP contribution in [0.15, 0.2) is 15.9 Å². The summed E-state index contributed by atoms with van der Waals surface area (Å²) < 4.78 is 6.90. The van der Waals surface area contributed by atoms with Crippen LogP contribution in [-0.4, -0.2) is 37.2 Å². The lowest BCUT2D eigenvalue weighted by molar-refractivity contribution is -0.0685. The summed E-state index contributed by atoms with van der Waals surface area (Å²) >= 11 is 5.31. The molecule has 0 aromatic carbocycles. The molecular weight excluding hydrogens is 324 g/mol. The van der Waals surface area contributed by atoms with E-state index < -0.39 is 0 Å². The van der Waals surface area contributed by atoms with Gasteiger partial charge in [0.05, 0.1) is 11.6 Å². The molecule has 2 N–H and O–H groups in total. The predicted molar refractivity (Wildman–Crippen MR) is 84.5 cm³/mol. The fourth-order valence-electron chi connectivity index (χ4n) is 3.18. The minimum atomic E-state index is -0.0105. The zero-order valence-corrected chi connectivity index (χ0v) is 14.1. The lowest BCUT2D eigenvalue weighted by Gasteiger charge is -2.48. The third-order valence-corrected chi connectivity index (χ3v) is 6.02. The van der Waals surface area contributed by atoms with Crippen molar-refractivity contribution in [2.45, 2.75) is 43.9 Å². The summed E-state index contributed by atoms with van der Waals surface area (Å²) in [6.45, 7) is 1.60. The molecule has 1 aliphatic rings. The van der Waals surface area contributed by atoms with E-state index in [1.54, 1.807) is 11.3 Å². The topological polar surface area (TPSA) is 38.5 Å². The molecule has 0 radical (unpaired) electrons. The molecule has 1 heterocycles. The van der Waals surface area contributed by atoms with Crippen LogP contribution in [0.25, 0.3) is 0 Å². The van der Waals surface area contributed by atoms with Crippen molar-refractivity contribution in [1.29, 1.82) is 0 Å². The molecule has 19 heavy (non-hydrogen) atoms. The molecule has 1 fully saturated rings. The third kappa shape index (κ3) is 3.22. The fraction of sp³-hybridized carbons (Fsp3) is 0.714. The van der Waals surface area contributed by atoms with Crippen LogP contribution >= 0.6 is 27.3 Å². The standard InChI is InChI=1S/C14H23BrN2OS/c1-17(8-12-7-11(15)9-19-12)14(10-16)6-4-3-5-13(14)18-2/h7,9,13H,3-6,8,10,16H2,1-2H3. The van der Waals surface area contributed by atoms with Crippen LogP contribution in [0, 0.1) is 0 Å². The van der Waals surface area contributed by atoms with E-state index in [0.717, 1.165) is 23.9 Å². The van der Waals surface area contributed by atoms with Crippen LogP contribution in [0.4, 0.5) is 0 Å². The second-order valence-electron chi connectivity index (χ2n) is 5.37. The summed E-state index contributed by atoms with van der Waals surface area (Å²) in [6, 6.07) is 2.19. The number of nitrogens with two attached hydrogens (primary N) is 1. The Bertz CT molecular complexity index is 412. The van der Waals surface area contributed by atoms with Gasteiger partial charge in [0.2, 0.25) is 0 Å². The van der Waals surface area contributed by atoms with Crippen molar-refractivity contribution in [3.63, 3.8) is 0 Å². The van der Waals surface area contributed by atoms with Gasteiger partial charge in [-0.2, -0.15) is 0 Å². The zero-order chi connectivity index (χ0) is 13.9. The van der Waals surface area contributed by atoms with E-state index in [1.165, 1.54) is 17.7 Å². The van der Waals surface area contributed by atoms with Gasteiger partial charge in [-0.1, -0.05) is 12.8 Å². The minimum Gasteiger partial charge on any atom is -0.379 e. The van der Waals surface area contributed by atoms with E-state index in [-0.39, 0.29) is 11.6 Å². The Balaban J connectivity index is 2.14. The lowest BCUT2D eigenvalue weighted by Crippen LogP contribution is -2.61. The number of likely N-dealkylation sites (N-methyl/N-ethyl adjacent to an activating group) is 1. The molecule has 0 amide bonds. The van der Waals surface area contributed by atoms with Gasteiger partial charge in [0, 0.05) is 34.9 Å². The molecule has 0 aliphatic heterocycles. The van der Waals surface area contributed by atoms with Crippen molar-refractivity contribution in [2.24, 2.45) is 5.73 Å². The smallest absolute Gasteiger partial charge is 0.0767 e. The summed E-state index contributed by atoms with van der Waals surface area (Å²) in [5.74, 6) is 0. The van der Waals surface area contributed by atoms with E-state index >= 15 is 0 Å². The Morgan fingerprint density at radius 3 is 2.95 bits per heavy atom. The maximum atomic E-state index is 6.14. The highest BCUT2D eigenvalue weighted by Crippen LogP contribution is 2.35. The summed E-state index contributed by atoms with van der Waals surface area (Å²) in [4.78, 5) is 3.76. The molecule has 5 heteroatoms. The Labute approximate surface area is 128 Å². The molecule has 1 aliphatic carbocycles. The van der Waals surface area contributed by atoms with Crippen LogP contribution in [0.1, 0.15) is 30.6 Å². The van der Waals surface area contributed by atoms with Gasteiger partial charge in [0.15, 0.2) is 0 Å². The number of rotatable bonds is 5. The fourth-order valence-corrected chi connectivity index (χ4v) is 4.69. The maximum Gasteiger partial charge on any atom is 0.0767 e. The first-order valence-corrected chi connectivity index (χ1v) is 8.46. The lowest BCUT2D eigenvalue weighted by atomic mass is 9.77. The number of methoxy groups -OCH3 is 1. The van der Waals surface area contributed by atoms with Gasteiger partial charge in [-0.3, -0.25) is 4.90 Å². The number of hydrogen-bond acceptors (Lipinski definition) is 4. The van der Waals surface area contributed by atoms with E-state index in [0.29, 0.717) is 6.54 Å². The largest absolute Gasteiger partial charge is 0.379 e. The number of hydrogen-bond donors (Lipinski definition) is 1. The zero-order valence-electron chi connectivity index (χ0n) is 11.7. The summed E-state index contributed by atoms with van der Waals surface area (Å²) in [5, 5.41) is 2.13. The average Bonchev–Trinajstić information content (AvgIpc) is 2.83.